The molecule has 1 fully saturated rings. The lowest BCUT2D eigenvalue weighted by Gasteiger charge is -2.46. The van der Waals surface area contributed by atoms with Crippen molar-refractivity contribution in [1.29, 1.82) is 0 Å². The Hall–Kier alpha value is -1.81. The number of hydrogen-bond donors (Lipinski definition) is 1. The quantitative estimate of drug-likeness (QED) is 0.531. The van der Waals surface area contributed by atoms with Gasteiger partial charge in [-0.25, -0.2) is 9.18 Å². The summed E-state index contributed by atoms with van der Waals surface area (Å²) in [6, 6.07) is -1.45. The number of esters is 3. The number of alkyl halides is 2. The summed E-state index contributed by atoms with van der Waals surface area (Å²) in [5.41, 5.74) is 5.74. The fraction of sp³-hybridized carbons (Fsp3) is 0.812. The van der Waals surface area contributed by atoms with E-state index in [0.717, 1.165) is 21.0 Å². The fourth-order valence-corrected chi connectivity index (χ4v) is 2.91. The van der Waals surface area contributed by atoms with Gasteiger partial charge in [-0.2, -0.15) is 4.39 Å². The summed E-state index contributed by atoms with van der Waals surface area (Å²) < 4.78 is 49.0. The maximum Gasteiger partial charge on any atom is 0.375 e. The van der Waals surface area contributed by atoms with Crippen molar-refractivity contribution in [3.05, 3.63) is 0 Å². The average molecular weight is 381 g/mol. The van der Waals surface area contributed by atoms with E-state index in [0.29, 0.717) is 0 Å². The molecule has 1 aliphatic heterocycles. The molecule has 0 spiro atoms. The fourth-order valence-electron chi connectivity index (χ4n) is 2.91. The summed E-state index contributed by atoms with van der Waals surface area (Å²) in [5, 5.41) is 0. The third kappa shape index (κ3) is 4.47. The third-order valence-electron chi connectivity index (χ3n) is 4.30. The molecule has 150 valence electrons. The van der Waals surface area contributed by atoms with Crippen LogP contribution < -0.4 is 5.73 Å². The first kappa shape index (κ1) is 22.2. The van der Waals surface area contributed by atoms with Crippen molar-refractivity contribution < 1.29 is 42.1 Å². The lowest BCUT2D eigenvalue weighted by molar-refractivity contribution is -0.285. The molecule has 0 amide bonds. The summed E-state index contributed by atoms with van der Waals surface area (Å²) in [4.78, 5) is 34.6. The Balaban J connectivity index is 3.30. The number of ether oxygens (including phenoxy) is 4. The molecule has 0 radical (unpaired) electrons. The highest BCUT2D eigenvalue weighted by Crippen LogP contribution is 2.39. The molecule has 10 heteroatoms. The van der Waals surface area contributed by atoms with E-state index in [9.17, 15) is 23.2 Å². The zero-order valence-corrected chi connectivity index (χ0v) is 15.4. The zero-order chi connectivity index (χ0) is 20.2. The van der Waals surface area contributed by atoms with Crippen LogP contribution in [0.1, 0.15) is 34.1 Å². The van der Waals surface area contributed by atoms with Crippen molar-refractivity contribution in [2.75, 3.05) is 7.11 Å². The second kappa shape index (κ2) is 8.72. The van der Waals surface area contributed by atoms with Gasteiger partial charge < -0.3 is 24.7 Å². The molecule has 6 unspecified atom stereocenters. The first-order chi connectivity index (χ1) is 12.0. The van der Waals surface area contributed by atoms with Gasteiger partial charge in [0.2, 0.25) is 0 Å². The van der Waals surface area contributed by atoms with Crippen molar-refractivity contribution in [3.8, 4) is 0 Å². The number of carbonyl (C=O) groups is 3. The predicted molar refractivity (Wildman–Crippen MR) is 84.2 cm³/mol. The maximum absolute atomic E-state index is 15.0. The Morgan fingerprint density at radius 1 is 1.23 bits per heavy atom. The molecule has 0 aromatic rings. The standard InChI is InChI=1S/C16H25F2NO7/c1-6-10(24-8(3)20)13(25-9(4)21)12-7(2)11(19)14(17)16(18,26-12)15(22)23-5/h7,10-14H,6,19H2,1-5H3/t7?,10-,11?,12?,13?,14?,16?/m1/s1. The Kier molecular flexibility index (Phi) is 7.45. The van der Waals surface area contributed by atoms with Gasteiger partial charge in [0.05, 0.1) is 7.11 Å². The lowest BCUT2D eigenvalue weighted by Crippen LogP contribution is -2.67. The molecule has 0 saturated carbocycles. The molecule has 1 heterocycles. The highest BCUT2D eigenvalue weighted by atomic mass is 19.2. The summed E-state index contributed by atoms with van der Waals surface area (Å²) in [6.45, 7) is 5.34. The first-order valence-corrected chi connectivity index (χ1v) is 8.18. The van der Waals surface area contributed by atoms with E-state index in [1.807, 2.05) is 0 Å². The van der Waals surface area contributed by atoms with Gasteiger partial charge in [-0.3, -0.25) is 9.59 Å². The number of carbonyl (C=O) groups excluding carboxylic acids is 3. The van der Waals surface area contributed by atoms with Crippen molar-refractivity contribution in [2.24, 2.45) is 11.7 Å². The minimum absolute atomic E-state index is 0.190. The van der Waals surface area contributed by atoms with Crippen LogP contribution in [0.15, 0.2) is 0 Å². The van der Waals surface area contributed by atoms with E-state index >= 15 is 0 Å². The second-order valence-electron chi connectivity index (χ2n) is 6.19. The van der Waals surface area contributed by atoms with Crippen molar-refractivity contribution in [1.82, 2.24) is 0 Å². The van der Waals surface area contributed by atoms with Crippen LogP contribution in [-0.4, -0.2) is 61.4 Å². The molecular formula is C16H25F2NO7. The molecule has 8 nitrogen and oxygen atoms in total. The van der Waals surface area contributed by atoms with Crippen LogP contribution in [0.2, 0.25) is 0 Å². The van der Waals surface area contributed by atoms with E-state index in [1.54, 1.807) is 6.92 Å². The first-order valence-electron chi connectivity index (χ1n) is 8.18. The van der Waals surface area contributed by atoms with Gasteiger partial charge in [0.25, 0.3) is 0 Å². The molecule has 26 heavy (non-hydrogen) atoms. The maximum atomic E-state index is 15.0. The molecule has 0 aromatic heterocycles. The van der Waals surface area contributed by atoms with Crippen LogP contribution in [0.3, 0.4) is 0 Å². The Morgan fingerprint density at radius 3 is 2.19 bits per heavy atom. The van der Waals surface area contributed by atoms with E-state index in [-0.39, 0.29) is 6.42 Å². The second-order valence-corrected chi connectivity index (χ2v) is 6.19. The highest BCUT2D eigenvalue weighted by Gasteiger charge is 2.62. The topological polar surface area (TPSA) is 114 Å². The van der Waals surface area contributed by atoms with Crippen molar-refractivity contribution in [3.63, 3.8) is 0 Å². The Morgan fingerprint density at radius 2 is 1.77 bits per heavy atom. The van der Waals surface area contributed by atoms with Crippen LogP contribution >= 0.6 is 0 Å². The normalized spacial score (nSPS) is 33.7. The molecule has 2 N–H and O–H groups in total. The smallest absolute Gasteiger partial charge is 0.375 e. The van der Waals surface area contributed by atoms with Crippen molar-refractivity contribution >= 4 is 17.9 Å². The Bertz CT molecular complexity index is 547. The van der Waals surface area contributed by atoms with Crippen LogP contribution in [0.5, 0.6) is 0 Å². The lowest BCUT2D eigenvalue weighted by atomic mass is 9.82. The number of methoxy groups -OCH3 is 1. The van der Waals surface area contributed by atoms with Gasteiger partial charge in [-0.05, 0) is 6.42 Å². The van der Waals surface area contributed by atoms with Gasteiger partial charge in [-0.15, -0.1) is 0 Å². The summed E-state index contributed by atoms with van der Waals surface area (Å²) in [6.07, 6.45) is -5.96. The monoisotopic (exact) mass is 381 g/mol. The largest absolute Gasteiger partial charge is 0.465 e. The summed E-state index contributed by atoms with van der Waals surface area (Å²) in [7, 11) is 0.871. The van der Waals surface area contributed by atoms with E-state index in [2.05, 4.69) is 4.74 Å². The average Bonchev–Trinajstić information content (AvgIpc) is 2.58. The molecule has 1 aliphatic rings. The number of halogens is 2. The Labute approximate surface area is 150 Å². The zero-order valence-electron chi connectivity index (χ0n) is 15.4. The molecule has 1 saturated heterocycles. The molecule has 0 aliphatic carbocycles. The van der Waals surface area contributed by atoms with Gasteiger partial charge in [0, 0.05) is 25.8 Å². The summed E-state index contributed by atoms with van der Waals surface area (Å²) >= 11 is 0. The SMILES string of the molecule is CC[C@@H](OC(C)=O)C(OC(C)=O)C1OC(F)(C(=O)OC)C(F)C(N)C1C. The summed E-state index contributed by atoms with van der Waals surface area (Å²) in [5.74, 6) is -7.36. The van der Waals surface area contributed by atoms with Crippen LogP contribution in [0, 0.1) is 5.92 Å². The van der Waals surface area contributed by atoms with E-state index < -0.39 is 60.2 Å². The van der Waals surface area contributed by atoms with Gasteiger partial charge >= 0.3 is 23.8 Å². The number of hydrogen-bond acceptors (Lipinski definition) is 8. The van der Waals surface area contributed by atoms with Gasteiger partial charge in [-0.1, -0.05) is 13.8 Å². The third-order valence-corrected chi connectivity index (χ3v) is 4.30. The van der Waals surface area contributed by atoms with Crippen LogP contribution in [0.4, 0.5) is 8.78 Å². The molecule has 0 bridgehead atoms. The van der Waals surface area contributed by atoms with E-state index in [1.165, 1.54) is 6.92 Å². The number of nitrogens with two attached hydrogens (primary N) is 1. The molecular weight excluding hydrogens is 356 g/mol. The van der Waals surface area contributed by atoms with Gasteiger partial charge in [0.1, 0.15) is 12.2 Å². The number of rotatable bonds is 6. The molecule has 0 aromatic carbocycles. The minimum Gasteiger partial charge on any atom is -0.465 e. The molecule has 1 rings (SSSR count). The van der Waals surface area contributed by atoms with Gasteiger partial charge in [0.15, 0.2) is 12.3 Å². The highest BCUT2D eigenvalue weighted by molar-refractivity contribution is 5.79. The molecule has 7 atom stereocenters. The van der Waals surface area contributed by atoms with E-state index in [4.69, 9.17) is 19.9 Å². The van der Waals surface area contributed by atoms with Crippen LogP contribution in [-0.2, 0) is 33.3 Å². The van der Waals surface area contributed by atoms with Crippen molar-refractivity contribution in [2.45, 2.75) is 70.5 Å². The minimum atomic E-state index is -3.47. The predicted octanol–water partition coefficient (Wildman–Crippen LogP) is 0.799. The van der Waals surface area contributed by atoms with Crippen LogP contribution in [0.25, 0.3) is 0 Å².